The van der Waals surface area contributed by atoms with E-state index in [1.807, 2.05) is 0 Å². The van der Waals surface area contributed by atoms with E-state index in [1.165, 1.54) is 12.8 Å². The lowest BCUT2D eigenvalue weighted by molar-refractivity contribution is -0.0431. The van der Waals surface area contributed by atoms with Gasteiger partial charge in [0.15, 0.2) is 6.29 Å². The van der Waals surface area contributed by atoms with Gasteiger partial charge in [0, 0.05) is 19.2 Å². The number of aliphatic hydroxyl groups excluding tert-OH is 1. The fraction of sp³-hybridized carbons (Fsp3) is 1.00. The van der Waals surface area contributed by atoms with Crippen LogP contribution < -0.4 is 5.32 Å². The topological polar surface area (TPSA) is 50.7 Å². The molecule has 1 saturated carbocycles. The summed E-state index contributed by atoms with van der Waals surface area (Å²) in [6, 6.07) is 0.441. The molecule has 2 fully saturated rings. The minimum atomic E-state index is -0.0775. The van der Waals surface area contributed by atoms with Crippen LogP contribution in [0.5, 0.6) is 0 Å². The Morgan fingerprint density at radius 1 is 1.13 bits per heavy atom. The maximum Gasteiger partial charge on any atom is 0.170 e. The van der Waals surface area contributed by atoms with Crippen LogP contribution in [-0.4, -0.2) is 43.8 Å². The van der Waals surface area contributed by atoms with Crippen LogP contribution in [-0.2, 0) is 9.47 Å². The summed E-state index contributed by atoms with van der Waals surface area (Å²) in [4.78, 5) is 0. The molecule has 1 heterocycles. The summed E-state index contributed by atoms with van der Waals surface area (Å²) in [6.45, 7) is 2.46. The van der Waals surface area contributed by atoms with Crippen LogP contribution in [0.2, 0.25) is 0 Å². The van der Waals surface area contributed by atoms with Crippen LogP contribution in [0.1, 0.15) is 25.7 Å². The Kier molecular flexibility index (Phi) is 4.38. The van der Waals surface area contributed by atoms with E-state index in [9.17, 15) is 5.11 Å². The molecule has 15 heavy (non-hydrogen) atoms. The molecule has 2 aliphatic rings. The van der Waals surface area contributed by atoms with Gasteiger partial charge in [-0.3, -0.25) is 0 Å². The average molecular weight is 215 g/mol. The van der Waals surface area contributed by atoms with E-state index in [-0.39, 0.29) is 6.29 Å². The highest BCUT2D eigenvalue weighted by Gasteiger charge is 2.25. The summed E-state index contributed by atoms with van der Waals surface area (Å²) in [7, 11) is 0. The molecule has 2 unspecified atom stereocenters. The zero-order chi connectivity index (χ0) is 10.5. The molecule has 1 aliphatic heterocycles. The van der Waals surface area contributed by atoms with Crippen LogP contribution in [0.15, 0.2) is 0 Å². The maximum absolute atomic E-state index is 9.25. The molecule has 0 bridgehead atoms. The number of rotatable bonds is 4. The van der Waals surface area contributed by atoms with Gasteiger partial charge in [0.1, 0.15) is 0 Å². The normalized spacial score (nSPS) is 33.4. The number of ether oxygens (including phenoxy) is 2. The van der Waals surface area contributed by atoms with E-state index >= 15 is 0 Å². The SMILES string of the molecule is OCC1CCCCC1NCC1OCCO1. The summed E-state index contributed by atoms with van der Waals surface area (Å²) in [5.41, 5.74) is 0. The van der Waals surface area contributed by atoms with Crippen LogP contribution in [0.25, 0.3) is 0 Å². The third kappa shape index (κ3) is 3.14. The predicted octanol–water partition coefficient (Wildman–Crippen LogP) is 0.500. The van der Waals surface area contributed by atoms with Crippen molar-refractivity contribution in [2.75, 3.05) is 26.4 Å². The van der Waals surface area contributed by atoms with E-state index < -0.39 is 0 Å². The predicted molar refractivity (Wildman–Crippen MR) is 56.5 cm³/mol. The Balaban J connectivity index is 1.71. The fourth-order valence-corrected chi connectivity index (χ4v) is 2.47. The van der Waals surface area contributed by atoms with Crippen molar-refractivity contribution in [1.29, 1.82) is 0 Å². The minimum absolute atomic E-state index is 0.0775. The van der Waals surface area contributed by atoms with Crippen molar-refractivity contribution in [3.05, 3.63) is 0 Å². The first-order chi connectivity index (χ1) is 7.40. The first-order valence-corrected chi connectivity index (χ1v) is 5.97. The van der Waals surface area contributed by atoms with Crippen molar-refractivity contribution in [1.82, 2.24) is 5.32 Å². The van der Waals surface area contributed by atoms with Crippen molar-refractivity contribution in [3.8, 4) is 0 Å². The van der Waals surface area contributed by atoms with Gasteiger partial charge in [0.25, 0.3) is 0 Å². The standard InChI is InChI=1S/C11H21NO3/c13-8-9-3-1-2-4-10(9)12-7-11-14-5-6-15-11/h9-13H,1-8H2. The smallest absolute Gasteiger partial charge is 0.170 e. The van der Waals surface area contributed by atoms with Crippen LogP contribution in [0.4, 0.5) is 0 Å². The fourth-order valence-electron chi connectivity index (χ4n) is 2.47. The van der Waals surface area contributed by atoms with Crippen molar-refractivity contribution >= 4 is 0 Å². The molecule has 4 heteroatoms. The van der Waals surface area contributed by atoms with Crippen LogP contribution >= 0.6 is 0 Å². The third-order valence-corrected chi connectivity index (χ3v) is 3.38. The first kappa shape index (κ1) is 11.3. The lowest BCUT2D eigenvalue weighted by atomic mass is 9.85. The second-order valence-corrected chi connectivity index (χ2v) is 4.41. The second-order valence-electron chi connectivity index (χ2n) is 4.41. The summed E-state index contributed by atoms with van der Waals surface area (Å²) in [5, 5.41) is 12.7. The average Bonchev–Trinajstić information content (AvgIpc) is 2.79. The molecule has 2 N–H and O–H groups in total. The summed E-state index contributed by atoms with van der Waals surface area (Å²) in [5.74, 6) is 0.417. The van der Waals surface area contributed by atoms with Crippen molar-refractivity contribution in [2.24, 2.45) is 5.92 Å². The summed E-state index contributed by atoms with van der Waals surface area (Å²) >= 11 is 0. The van der Waals surface area contributed by atoms with Gasteiger partial charge in [-0.1, -0.05) is 12.8 Å². The Bertz CT molecular complexity index is 183. The first-order valence-electron chi connectivity index (χ1n) is 5.97. The van der Waals surface area contributed by atoms with E-state index in [2.05, 4.69) is 5.32 Å². The second kappa shape index (κ2) is 5.80. The van der Waals surface area contributed by atoms with E-state index in [1.54, 1.807) is 0 Å². The summed E-state index contributed by atoms with van der Waals surface area (Å²) < 4.78 is 10.7. The van der Waals surface area contributed by atoms with Gasteiger partial charge in [0.2, 0.25) is 0 Å². The highest BCUT2D eigenvalue weighted by Crippen LogP contribution is 2.24. The Morgan fingerprint density at radius 3 is 2.60 bits per heavy atom. The van der Waals surface area contributed by atoms with E-state index in [0.717, 1.165) is 19.4 Å². The van der Waals surface area contributed by atoms with E-state index in [4.69, 9.17) is 9.47 Å². The number of aliphatic hydroxyl groups is 1. The number of nitrogens with one attached hydrogen (secondary N) is 1. The lowest BCUT2D eigenvalue weighted by Crippen LogP contribution is -2.43. The van der Waals surface area contributed by atoms with Gasteiger partial charge >= 0.3 is 0 Å². The molecule has 88 valence electrons. The maximum atomic E-state index is 9.25. The molecule has 0 radical (unpaired) electrons. The zero-order valence-electron chi connectivity index (χ0n) is 9.15. The highest BCUT2D eigenvalue weighted by molar-refractivity contribution is 4.80. The molecule has 1 aliphatic carbocycles. The molecule has 0 aromatic rings. The molecular formula is C11H21NO3. The Labute approximate surface area is 90.9 Å². The molecule has 2 atom stereocenters. The Hall–Kier alpha value is -0.160. The molecule has 2 rings (SSSR count). The van der Waals surface area contributed by atoms with E-state index in [0.29, 0.717) is 31.8 Å². The monoisotopic (exact) mass is 215 g/mol. The molecule has 0 aromatic heterocycles. The number of hydrogen-bond acceptors (Lipinski definition) is 4. The van der Waals surface area contributed by atoms with Gasteiger partial charge < -0.3 is 19.9 Å². The highest BCUT2D eigenvalue weighted by atomic mass is 16.7. The van der Waals surface area contributed by atoms with Gasteiger partial charge in [-0.2, -0.15) is 0 Å². The van der Waals surface area contributed by atoms with Crippen LogP contribution in [0, 0.1) is 5.92 Å². The molecule has 0 spiro atoms. The summed E-state index contributed by atoms with van der Waals surface area (Å²) in [6.07, 6.45) is 4.74. The van der Waals surface area contributed by atoms with Crippen molar-refractivity contribution in [2.45, 2.75) is 38.0 Å². The molecule has 0 aromatic carbocycles. The molecule has 0 amide bonds. The van der Waals surface area contributed by atoms with Gasteiger partial charge in [-0.25, -0.2) is 0 Å². The van der Waals surface area contributed by atoms with Gasteiger partial charge in [-0.15, -0.1) is 0 Å². The van der Waals surface area contributed by atoms with Crippen molar-refractivity contribution in [3.63, 3.8) is 0 Å². The largest absolute Gasteiger partial charge is 0.396 e. The molecule has 4 nitrogen and oxygen atoms in total. The lowest BCUT2D eigenvalue weighted by Gasteiger charge is -2.31. The van der Waals surface area contributed by atoms with Crippen LogP contribution in [0.3, 0.4) is 0 Å². The quantitative estimate of drug-likeness (QED) is 0.717. The van der Waals surface area contributed by atoms with Gasteiger partial charge in [0.05, 0.1) is 13.2 Å². The van der Waals surface area contributed by atoms with Crippen molar-refractivity contribution < 1.29 is 14.6 Å². The van der Waals surface area contributed by atoms with Gasteiger partial charge in [-0.05, 0) is 18.8 Å². The third-order valence-electron chi connectivity index (χ3n) is 3.38. The molecular weight excluding hydrogens is 194 g/mol. The molecule has 1 saturated heterocycles. The Morgan fingerprint density at radius 2 is 1.87 bits per heavy atom. The number of hydrogen-bond donors (Lipinski definition) is 2. The minimum Gasteiger partial charge on any atom is -0.396 e. The zero-order valence-corrected chi connectivity index (χ0v) is 9.15.